The Morgan fingerprint density at radius 1 is 1.41 bits per heavy atom. The molecule has 92 valence electrons. The van der Waals surface area contributed by atoms with Crippen molar-refractivity contribution < 1.29 is 23.8 Å². The van der Waals surface area contributed by atoms with Crippen LogP contribution < -0.4 is 0 Å². The van der Waals surface area contributed by atoms with Gasteiger partial charge in [0.25, 0.3) is 6.43 Å². The molecule has 0 aromatic heterocycles. The predicted molar refractivity (Wildman–Crippen MR) is 56.2 cm³/mol. The number of benzene rings is 1. The van der Waals surface area contributed by atoms with E-state index in [1.54, 1.807) is 0 Å². The molecule has 0 unspecified atom stereocenters. The van der Waals surface area contributed by atoms with Crippen molar-refractivity contribution in [3.05, 3.63) is 29.3 Å². The van der Waals surface area contributed by atoms with Gasteiger partial charge >= 0.3 is 5.97 Å². The number of aliphatic carboxylic acids is 1. The quantitative estimate of drug-likeness (QED) is 0.853. The van der Waals surface area contributed by atoms with Crippen molar-refractivity contribution in [2.75, 3.05) is 0 Å². The molecule has 1 aliphatic rings. The lowest BCUT2D eigenvalue weighted by molar-refractivity contribution is -0.137. The Bertz CT molecular complexity index is 453. The van der Waals surface area contributed by atoms with Crippen LogP contribution in [0.15, 0.2) is 18.2 Å². The number of alkyl halides is 2. The summed E-state index contributed by atoms with van der Waals surface area (Å²) in [6.07, 6.45) is -1.53. The second-order valence-electron chi connectivity index (χ2n) is 4.43. The lowest BCUT2D eigenvalue weighted by Gasteiger charge is -2.16. The smallest absolute Gasteiger partial charge is 0.304 e. The standard InChI is InChI=1S/C12H12F2O3/c13-11(14)7-1-2-9(15)8(5-7)12(3-4-12)6-10(16)17/h1-2,5,11,15H,3-4,6H2,(H,16,17). The van der Waals surface area contributed by atoms with Crippen LogP contribution in [0.25, 0.3) is 0 Å². The fourth-order valence-electron chi connectivity index (χ4n) is 2.10. The number of hydrogen-bond acceptors (Lipinski definition) is 2. The third kappa shape index (κ3) is 2.23. The van der Waals surface area contributed by atoms with Gasteiger partial charge < -0.3 is 10.2 Å². The summed E-state index contributed by atoms with van der Waals surface area (Å²) in [5.41, 5.74) is -0.506. The van der Waals surface area contributed by atoms with Crippen molar-refractivity contribution in [1.82, 2.24) is 0 Å². The number of rotatable bonds is 4. The molecule has 0 spiro atoms. The zero-order chi connectivity index (χ0) is 12.6. The summed E-state index contributed by atoms with van der Waals surface area (Å²) in [4.78, 5) is 10.7. The van der Waals surface area contributed by atoms with Gasteiger partial charge in [0.15, 0.2) is 0 Å². The van der Waals surface area contributed by atoms with Crippen molar-refractivity contribution in [2.45, 2.75) is 31.1 Å². The van der Waals surface area contributed by atoms with Crippen LogP contribution in [-0.4, -0.2) is 16.2 Å². The zero-order valence-corrected chi connectivity index (χ0v) is 8.99. The van der Waals surface area contributed by atoms with Gasteiger partial charge in [0.1, 0.15) is 5.75 Å². The van der Waals surface area contributed by atoms with Gasteiger partial charge in [-0.05, 0) is 31.0 Å². The molecule has 1 aromatic carbocycles. The van der Waals surface area contributed by atoms with Crippen LogP contribution in [0.5, 0.6) is 5.75 Å². The number of aromatic hydroxyl groups is 1. The third-order valence-electron chi connectivity index (χ3n) is 3.19. The lowest BCUT2D eigenvalue weighted by Crippen LogP contribution is -2.13. The predicted octanol–water partition coefficient (Wildman–Crippen LogP) is 2.84. The Labute approximate surface area is 96.7 Å². The number of carboxylic acid groups (broad SMARTS) is 1. The van der Waals surface area contributed by atoms with Crippen LogP contribution in [0, 0.1) is 0 Å². The number of hydrogen-bond donors (Lipinski definition) is 2. The molecule has 1 aromatic rings. The highest BCUT2D eigenvalue weighted by Gasteiger charge is 2.47. The molecule has 0 bridgehead atoms. The van der Waals surface area contributed by atoms with E-state index in [9.17, 15) is 18.7 Å². The molecule has 0 heterocycles. The Balaban J connectivity index is 2.37. The summed E-state index contributed by atoms with van der Waals surface area (Å²) in [6, 6.07) is 3.58. The highest BCUT2D eigenvalue weighted by atomic mass is 19.3. The van der Waals surface area contributed by atoms with Crippen LogP contribution in [0.3, 0.4) is 0 Å². The first-order valence-corrected chi connectivity index (χ1v) is 5.28. The van der Waals surface area contributed by atoms with Crippen molar-refractivity contribution >= 4 is 5.97 Å². The fourth-order valence-corrected chi connectivity index (χ4v) is 2.10. The summed E-state index contributed by atoms with van der Waals surface area (Å²) in [7, 11) is 0. The maximum atomic E-state index is 12.6. The molecule has 0 aliphatic heterocycles. The van der Waals surface area contributed by atoms with Crippen LogP contribution in [0.4, 0.5) is 8.78 Å². The molecule has 0 saturated heterocycles. The summed E-state index contributed by atoms with van der Waals surface area (Å²) >= 11 is 0. The highest BCUT2D eigenvalue weighted by Crippen LogP contribution is 2.54. The number of halogens is 2. The third-order valence-corrected chi connectivity index (χ3v) is 3.19. The van der Waals surface area contributed by atoms with E-state index in [0.29, 0.717) is 18.4 Å². The van der Waals surface area contributed by atoms with Gasteiger partial charge in [0, 0.05) is 16.5 Å². The van der Waals surface area contributed by atoms with E-state index in [-0.39, 0.29) is 17.7 Å². The Kier molecular flexibility index (Phi) is 2.77. The number of carboxylic acids is 1. The molecular formula is C12H12F2O3. The van der Waals surface area contributed by atoms with Gasteiger partial charge in [-0.2, -0.15) is 0 Å². The number of carbonyl (C=O) groups is 1. The van der Waals surface area contributed by atoms with Crippen LogP contribution >= 0.6 is 0 Å². The Morgan fingerprint density at radius 2 is 2.06 bits per heavy atom. The SMILES string of the molecule is O=C(O)CC1(c2cc(C(F)F)ccc2O)CC1. The van der Waals surface area contributed by atoms with Gasteiger partial charge in [-0.15, -0.1) is 0 Å². The first-order chi connectivity index (χ1) is 7.94. The highest BCUT2D eigenvalue weighted by molar-refractivity contribution is 5.70. The van der Waals surface area contributed by atoms with Crippen LogP contribution in [-0.2, 0) is 10.2 Å². The molecule has 1 saturated carbocycles. The zero-order valence-electron chi connectivity index (χ0n) is 8.99. The molecule has 2 rings (SSSR count). The monoisotopic (exact) mass is 242 g/mol. The second kappa shape index (κ2) is 3.98. The molecular weight excluding hydrogens is 230 g/mol. The van der Waals surface area contributed by atoms with Gasteiger partial charge in [0.2, 0.25) is 0 Å². The van der Waals surface area contributed by atoms with Crippen molar-refractivity contribution in [1.29, 1.82) is 0 Å². The van der Waals surface area contributed by atoms with Gasteiger partial charge in [0.05, 0.1) is 6.42 Å². The summed E-state index contributed by atoms with van der Waals surface area (Å²) in [5.74, 6) is -1.09. The van der Waals surface area contributed by atoms with Crippen LogP contribution in [0.1, 0.15) is 36.8 Å². The molecule has 5 heteroatoms. The number of phenolic OH excluding ortho intramolecular Hbond substituents is 1. The molecule has 0 amide bonds. The first kappa shape index (κ1) is 11.8. The average molecular weight is 242 g/mol. The van der Waals surface area contributed by atoms with Crippen LogP contribution in [0.2, 0.25) is 0 Å². The van der Waals surface area contributed by atoms with E-state index in [2.05, 4.69) is 0 Å². The normalized spacial score (nSPS) is 17.1. The molecule has 3 nitrogen and oxygen atoms in total. The minimum Gasteiger partial charge on any atom is -0.508 e. The van der Waals surface area contributed by atoms with E-state index in [1.165, 1.54) is 12.1 Å². The van der Waals surface area contributed by atoms with Gasteiger partial charge in [-0.3, -0.25) is 4.79 Å². The molecule has 1 fully saturated rings. The van der Waals surface area contributed by atoms with Gasteiger partial charge in [-0.25, -0.2) is 8.78 Å². The van der Waals surface area contributed by atoms with Crippen molar-refractivity contribution in [2.24, 2.45) is 0 Å². The molecule has 1 aliphatic carbocycles. The van der Waals surface area contributed by atoms with E-state index in [0.717, 1.165) is 6.07 Å². The molecule has 17 heavy (non-hydrogen) atoms. The number of phenols is 1. The molecule has 0 atom stereocenters. The van der Waals surface area contributed by atoms with E-state index < -0.39 is 17.8 Å². The van der Waals surface area contributed by atoms with Crippen molar-refractivity contribution in [3.63, 3.8) is 0 Å². The van der Waals surface area contributed by atoms with E-state index in [4.69, 9.17) is 5.11 Å². The summed E-state index contributed by atoms with van der Waals surface area (Å²) in [6.45, 7) is 0. The largest absolute Gasteiger partial charge is 0.508 e. The lowest BCUT2D eigenvalue weighted by atomic mass is 9.90. The van der Waals surface area contributed by atoms with Crippen molar-refractivity contribution in [3.8, 4) is 5.75 Å². The Morgan fingerprint density at radius 3 is 2.53 bits per heavy atom. The second-order valence-corrected chi connectivity index (χ2v) is 4.43. The summed E-state index contributed by atoms with van der Waals surface area (Å²) < 4.78 is 25.1. The van der Waals surface area contributed by atoms with E-state index in [1.807, 2.05) is 0 Å². The minimum absolute atomic E-state index is 0.104. The molecule has 2 N–H and O–H groups in total. The summed E-state index contributed by atoms with van der Waals surface area (Å²) in [5, 5.41) is 18.5. The first-order valence-electron chi connectivity index (χ1n) is 5.28. The average Bonchev–Trinajstić information content (AvgIpc) is 2.97. The topological polar surface area (TPSA) is 57.5 Å². The fraction of sp³-hybridized carbons (Fsp3) is 0.417. The minimum atomic E-state index is -2.62. The van der Waals surface area contributed by atoms with Gasteiger partial charge in [-0.1, -0.05) is 0 Å². The maximum absolute atomic E-state index is 12.6. The molecule has 0 radical (unpaired) electrons. The maximum Gasteiger partial charge on any atom is 0.304 e. The Hall–Kier alpha value is -1.65. The van der Waals surface area contributed by atoms with E-state index >= 15 is 0 Å².